The van der Waals surface area contributed by atoms with E-state index in [2.05, 4.69) is 53.5 Å². The van der Waals surface area contributed by atoms with Crippen LogP contribution in [0.1, 0.15) is 64.0 Å². The maximum absolute atomic E-state index is 6.16. The van der Waals surface area contributed by atoms with Crippen LogP contribution in [-0.2, 0) is 0 Å². The summed E-state index contributed by atoms with van der Waals surface area (Å²) in [6, 6.07) is 8.75. The number of benzene rings is 1. The van der Waals surface area contributed by atoms with Crippen LogP contribution in [0.15, 0.2) is 29.4 Å². The summed E-state index contributed by atoms with van der Waals surface area (Å²) in [4.78, 5) is 2.53. The van der Waals surface area contributed by atoms with Crippen LogP contribution in [0, 0.1) is 5.92 Å². The number of hydrogen-bond donors (Lipinski definition) is 1. The number of rotatable bonds is 9. The van der Waals surface area contributed by atoms with Crippen LogP contribution < -0.4 is 10.2 Å². The highest BCUT2D eigenvalue weighted by Crippen LogP contribution is 2.36. The van der Waals surface area contributed by atoms with Gasteiger partial charge in [-0.25, -0.2) is 0 Å². The van der Waals surface area contributed by atoms with E-state index in [4.69, 9.17) is 4.74 Å². The first-order valence-electron chi connectivity index (χ1n) is 10.1. The molecule has 0 radical (unpaired) electrons. The van der Waals surface area contributed by atoms with Crippen LogP contribution in [0.3, 0.4) is 0 Å². The van der Waals surface area contributed by atoms with Crippen molar-refractivity contribution >= 4 is 5.71 Å². The fourth-order valence-corrected chi connectivity index (χ4v) is 3.94. The number of nitrogens with zero attached hydrogens (tertiary/aromatic N) is 2. The van der Waals surface area contributed by atoms with Crippen molar-refractivity contribution in [2.45, 2.75) is 58.4 Å². The van der Waals surface area contributed by atoms with Gasteiger partial charge in [-0.15, -0.1) is 0 Å². The van der Waals surface area contributed by atoms with Crippen molar-refractivity contribution in [1.82, 2.24) is 10.3 Å². The number of hydrogen-bond acceptors (Lipinski definition) is 4. The molecule has 1 aromatic rings. The SMILES string of the molecule is CCCCCCCOc1ccccc1C1NN=C2CCN(CC)CC21. The quantitative estimate of drug-likeness (QED) is 0.676. The molecule has 2 aliphatic heterocycles. The number of unbranched alkanes of at least 4 members (excludes halogenated alkanes) is 4. The van der Waals surface area contributed by atoms with E-state index in [1.54, 1.807) is 0 Å². The Morgan fingerprint density at radius 2 is 2.00 bits per heavy atom. The molecule has 3 rings (SSSR count). The standard InChI is InChI=1S/C21H33N3O/c1-3-5-6-7-10-15-25-20-12-9-8-11-17(20)21-18-16-24(4-2)14-13-19(18)22-23-21/h8-9,11-12,18,21,23H,3-7,10,13-16H2,1-2H3. The van der Waals surface area contributed by atoms with Crippen LogP contribution >= 0.6 is 0 Å². The molecule has 0 aromatic heterocycles. The van der Waals surface area contributed by atoms with Gasteiger partial charge in [0.1, 0.15) is 5.75 Å². The fraction of sp³-hybridized carbons (Fsp3) is 0.667. The highest BCUT2D eigenvalue weighted by Gasteiger charge is 2.37. The molecule has 0 amide bonds. The Morgan fingerprint density at radius 3 is 2.84 bits per heavy atom. The number of hydrazone groups is 1. The fourth-order valence-electron chi connectivity index (χ4n) is 3.94. The minimum absolute atomic E-state index is 0.251. The summed E-state index contributed by atoms with van der Waals surface area (Å²) in [7, 11) is 0. The zero-order valence-corrected chi connectivity index (χ0v) is 15.8. The molecule has 0 bridgehead atoms. The van der Waals surface area contributed by atoms with Gasteiger partial charge in [0.15, 0.2) is 0 Å². The van der Waals surface area contributed by atoms with Crippen molar-refractivity contribution in [3.63, 3.8) is 0 Å². The van der Waals surface area contributed by atoms with Gasteiger partial charge < -0.3 is 15.1 Å². The molecule has 2 unspecified atom stereocenters. The molecule has 0 aliphatic carbocycles. The van der Waals surface area contributed by atoms with Crippen molar-refractivity contribution < 1.29 is 4.74 Å². The van der Waals surface area contributed by atoms with E-state index in [0.717, 1.165) is 44.8 Å². The van der Waals surface area contributed by atoms with Gasteiger partial charge >= 0.3 is 0 Å². The summed E-state index contributed by atoms with van der Waals surface area (Å²) < 4.78 is 6.16. The molecule has 0 saturated carbocycles. The van der Waals surface area contributed by atoms with Crippen molar-refractivity contribution in [3.8, 4) is 5.75 Å². The largest absolute Gasteiger partial charge is 0.493 e. The van der Waals surface area contributed by atoms with Gasteiger partial charge in [-0.05, 0) is 19.0 Å². The number of likely N-dealkylation sites (tertiary alicyclic amines) is 1. The van der Waals surface area contributed by atoms with Crippen molar-refractivity contribution in [3.05, 3.63) is 29.8 Å². The van der Waals surface area contributed by atoms with Gasteiger partial charge in [0.2, 0.25) is 0 Å². The van der Waals surface area contributed by atoms with Gasteiger partial charge in [0.05, 0.1) is 12.6 Å². The summed E-state index contributed by atoms with van der Waals surface area (Å²) >= 11 is 0. The average Bonchev–Trinajstić information content (AvgIpc) is 3.07. The predicted molar refractivity (Wildman–Crippen MR) is 104 cm³/mol. The molecule has 25 heavy (non-hydrogen) atoms. The average molecular weight is 344 g/mol. The molecule has 2 atom stereocenters. The normalized spacial score (nSPS) is 23.0. The van der Waals surface area contributed by atoms with Gasteiger partial charge in [0, 0.05) is 36.7 Å². The van der Waals surface area contributed by atoms with E-state index in [1.165, 1.54) is 37.0 Å². The van der Waals surface area contributed by atoms with E-state index in [1.807, 2.05) is 0 Å². The summed E-state index contributed by atoms with van der Waals surface area (Å²) in [5, 5.41) is 4.64. The minimum Gasteiger partial charge on any atom is -0.493 e. The molecule has 0 spiro atoms. The van der Waals surface area contributed by atoms with E-state index in [-0.39, 0.29) is 6.04 Å². The molecular weight excluding hydrogens is 310 g/mol. The van der Waals surface area contributed by atoms with Crippen LogP contribution in [0.2, 0.25) is 0 Å². The Morgan fingerprint density at radius 1 is 1.16 bits per heavy atom. The lowest BCUT2D eigenvalue weighted by molar-refractivity contribution is 0.235. The Labute approximate surface area is 152 Å². The van der Waals surface area contributed by atoms with E-state index in [0.29, 0.717) is 5.92 Å². The van der Waals surface area contributed by atoms with Crippen molar-refractivity contribution in [2.75, 3.05) is 26.2 Å². The smallest absolute Gasteiger partial charge is 0.124 e. The van der Waals surface area contributed by atoms with Crippen LogP contribution in [0.5, 0.6) is 5.75 Å². The third-order valence-electron chi connectivity index (χ3n) is 5.52. The zero-order valence-electron chi connectivity index (χ0n) is 15.8. The maximum Gasteiger partial charge on any atom is 0.124 e. The molecule has 138 valence electrons. The second kappa shape index (κ2) is 9.23. The van der Waals surface area contributed by atoms with Crippen molar-refractivity contribution in [1.29, 1.82) is 0 Å². The topological polar surface area (TPSA) is 36.9 Å². The first-order chi connectivity index (χ1) is 12.3. The van der Waals surface area contributed by atoms with E-state index in [9.17, 15) is 0 Å². The van der Waals surface area contributed by atoms with Gasteiger partial charge in [-0.2, -0.15) is 5.10 Å². The highest BCUT2D eigenvalue weighted by atomic mass is 16.5. The lowest BCUT2D eigenvalue weighted by Gasteiger charge is -2.33. The van der Waals surface area contributed by atoms with Crippen LogP contribution in [-0.4, -0.2) is 36.9 Å². The first-order valence-corrected chi connectivity index (χ1v) is 10.1. The molecule has 2 heterocycles. The second-order valence-corrected chi connectivity index (χ2v) is 7.26. The van der Waals surface area contributed by atoms with Crippen LogP contribution in [0.4, 0.5) is 0 Å². The molecule has 1 N–H and O–H groups in total. The summed E-state index contributed by atoms with van der Waals surface area (Å²) in [5.74, 6) is 1.50. The zero-order chi connectivity index (χ0) is 17.5. The summed E-state index contributed by atoms with van der Waals surface area (Å²) in [6.45, 7) is 8.66. The first kappa shape index (κ1) is 18.2. The highest BCUT2D eigenvalue weighted by molar-refractivity contribution is 5.90. The maximum atomic E-state index is 6.16. The van der Waals surface area contributed by atoms with Crippen LogP contribution in [0.25, 0.3) is 0 Å². The van der Waals surface area contributed by atoms with E-state index >= 15 is 0 Å². The number of para-hydroxylation sites is 1. The predicted octanol–water partition coefficient (Wildman–Crippen LogP) is 4.38. The third-order valence-corrected chi connectivity index (χ3v) is 5.52. The molecule has 1 fully saturated rings. The van der Waals surface area contributed by atoms with Gasteiger partial charge in [-0.3, -0.25) is 0 Å². The lowest BCUT2D eigenvalue weighted by atomic mass is 9.86. The summed E-state index contributed by atoms with van der Waals surface area (Å²) in [5.41, 5.74) is 6.00. The second-order valence-electron chi connectivity index (χ2n) is 7.26. The molecular formula is C21H33N3O. The lowest BCUT2D eigenvalue weighted by Crippen LogP contribution is -2.41. The van der Waals surface area contributed by atoms with Crippen molar-refractivity contribution in [2.24, 2.45) is 11.0 Å². The molecule has 4 nitrogen and oxygen atoms in total. The molecule has 1 saturated heterocycles. The summed E-state index contributed by atoms with van der Waals surface area (Å²) in [6.07, 6.45) is 7.42. The van der Waals surface area contributed by atoms with Gasteiger partial charge in [-0.1, -0.05) is 57.7 Å². The van der Waals surface area contributed by atoms with Gasteiger partial charge in [0.25, 0.3) is 0 Å². The third kappa shape index (κ3) is 4.55. The molecule has 2 aliphatic rings. The minimum atomic E-state index is 0.251. The Balaban J connectivity index is 1.61. The number of piperidine rings is 1. The Bertz CT molecular complexity index is 572. The molecule has 4 heteroatoms. The number of ether oxygens (including phenoxy) is 1. The molecule has 1 aromatic carbocycles. The Hall–Kier alpha value is -1.55. The number of fused-ring (bicyclic) bond motifs is 1. The number of nitrogens with one attached hydrogen (secondary N) is 1. The monoisotopic (exact) mass is 343 g/mol. The Kier molecular flexibility index (Phi) is 6.74. The van der Waals surface area contributed by atoms with E-state index < -0.39 is 0 Å².